The molecule has 5 atom stereocenters. The van der Waals surface area contributed by atoms with E-state index in [-0.39, 0.29) is 82.3 Å². The first-order valence-corrected chi connectivity index (χ1v) is 11.4. The minimum absolute atomic E-state index is 0. The molecule has 2 aromatic carbocycles. The van der Waals surface area contributed by atoms with Crippen molar-refractivity contribution in [2.24, 2.45) is 5.92 Å². The predicted octanol–water partition coefficient (Wildman–Crippen LogP) is 0.829. The van der Waals surface area contributed by atoms with Crippen LogP contribution in [0.3, 0.4) is 0 Å². The van der Waals surface area contributed by atoms with Crippen molar-refractivity contribution < 1.29 is 36.0 Å². The fourth-order valence-electron chi connectivity index (χ4n) is 4.83. The van der Waals surface area contributed by atoms with E-state index in [1.807, 2.05) is 77.7 Å². The zero-order valence-electron chi connectivity index (χ0n) is 20.1. The summed E-state index contributed by atoms with van der Waals surface area (Å²) in [6.45, 7) is 12.0. The van der Waals surface area contributed by atoms with E-state index >= 15 is 0 Å². The van der Waals surface area contributed by atoms with Gasteiger partial charge in [0, 0.05) is 29.5 Å². The van der Waals surface area contributed by atoms with Crippen molar-refractivity contribution in [2.45, 2.75) is 31.0 Å². The number of halogens is 1. The third kappa shape index (κ3) is 6.00. The number of fused-ring (bicyclic) bond motifs is 2. The molecule has 184 valence electrons. The molecule has 3 fully saturated rings. The molecule has 8 heteroatoms. The van der Waals surface area contributed by atoms with E-state index in [2.05, 4.69) is 19.7 Å². The molecule has 6 nitrogen and oxygen atoms in total. The minimum atomic E-state index is -0.210. The maximum Gasteiger partial charge on any atom is 2.00 e. The number of nitrogens with zero attached hydrogens (tertiary/aromatic N) is 2. The van der Waals surface area contributed by atoms with E-state index in [9.17, 15) is 9.59 Å². The Balaban J connectivity index is 0.000000227. The molecule has 0 unspecified atom stereocenters. The summed E-state index contributed by atoms with van der Waals surface area (Å²) in [6, 6.07) is 20.1. The van der Waals surface area contributed by atoms with Crippen LogP contribution >= 0.6 is 0 Å². The average molecular weight is 562 g/mol. The van der Waals surface area contributed by atoms with E-state index in [1.165, 1.54) is 0 Å². The van der Waals surface area contributed by atoms with Crippen LogP contribution in [0.5, 0.6) is 0 Å². The number of amides is 2. The maximum absolute atomic E-state index is 12.0. The summed E-state index contributed by atoms with van der Waals surface area (Å²) in [5.41, 5.74) is 2.09. The number of carbonyl (C=O) groups is 2. The Kier molecular flexibility index (Phi) is 11.6. The van der Waals surface area contributed by atoms with Gasteiger partial charge in [-0.15, -0.1) is 6.58 Å². The summed E-state index contributed by atoms with van der Waals surface area (Å²) < 4.78 is 11.4. The minimum Gasteiger partial charge on any atom is -1.00 e. The molecule has 6 rings (SSSR count). The average Bonchev–Trinajstić information content (AvgIpc) is 3.66. The second-order valence-corrected chi connectivity index (χ2v) is 8.34. The number of carbonyl (C=O) groups excluding carboxylic acids is 2. The van der Waals surface area contributed by atoms with Gasteiger partial charge in [-0.25, -0.2) is 0 Å². The third-order valence-corrected chi connectivity index (χ3v) is 6.45. The van der Waals surface area contributed by atoms with Gasteiger partial charge in [-0.3, -0.25) is 16.2 Å². The van der Waals surface area contributed by atoms with Gasteiger partial charge in [0.25, 0.3) is 0 Å². The van der Waals surface area contributed by atoms with Crippen molar-refractivity contribution in [3.8, 4) is 0 Å². The molecule has 4 heterocycles. The van der Waals surface area contributed by atoms with E-state index in [1.54, 1.807) is 11.0 Å². The third-order valence-electron chi connectivity index (χ3n) is 6.45. The van der Waals surface area contributed by atoms with Crippen molar-refractivity contribution >= 4 is 34.9 Å². The van der Waals surface area contributed by atoms with Gasteiger partial charge in [0.1, 0.15) is 0 Å². The number of rotatable bonds is 3. The van der Waals surface area contributed by atoms with Crippen LogP contribution in [0.1, 0.15) is 30.0 Å². The van der Waals surface area contributed by atoms with Gasteiger partial charge in [0.2, 0.25) is 11.8 Å². The quantitative estimate of drug-likeness (QED) is 0.317. The molecule has 36 heavy (non-hydrogen) atoms. The smallest absolute Gasteiger partial charge is 1.00 e. The standard InChI is InChI=1S/C14H15NO2.C12H11NO2.C2H3.BrH.Mg/c1-2-10-8-13(16)15-12(10)9-17-14(15)11-6-4-3-5-7-11;14-11-7-6-10-8-15-12(13(10)11)9-4-2-1-3-5-9;1-2;;/h2-7,10,12,14H,1,8-9H2;1-7,10,12H,8H2;1H,2H2;1H;/q;;-1;;+2/p-1/t10-,12+,14+;10-,12+;;;/m11.../s1. The molecule has 0 N–H and O–H groups in total. The Labute approximate surface area is 239 Å². The zero-order chi connectivity index (χ0) is 24.1. The number of hydrogen-bond donors (Lipinski definition) is 0. The molecule has 4 aliphatic rings. The molecule has 3 saturated heterocycles. The molecule has 0 aliphatic carbocycles. The van der Waals surface area contributed by atoms with Crippen molar-refractivity contribution in [2.75, 3.05) is 13.2 Å². The molecule has 0 saturated carbocycles. The van der Waals surface area contributed by atoms with Crippen LogP contribution in [0.15, 0.2) is 92.0 Å². The number of benzene rings is 2. The van der Waals surface area contributed by atoms with Gasteiger partial charge in [-0.2, -0.15) is 0 Å². The summed E-state index contributed by atoms with van der Waals surface area (Å²) in [6.07, 6.45) is 5.56. The number of hydrogen-bond acceptors (Lipinski definition) is 4. The predicted molar refractivity (Wildman–Crippen MR) is 135 cm³/mol. The fourth-order valence-corrected chi connectivity index (χ4v) is 4.83. The van der Waals surface area contributed by atoms with E-state index in [0.29, 0.717) is 19.6 Å². The Morgan fingerprint density at radius 2 is 1.39 bits per heavy atom. The maximum atomic E-state index is 12.0. The molecule has 0 bridgehead atoms. The van der Waals surface area contributed by atoms with Crippen molar-refractivity contribution in [1.29, 1.82) is 0 Å². The first kappa shape index (κ1) is 30.0. The normalized spacial score (nSPS) is 26.9. The largest absolute Gasteiger partial charge is 2.00 e. The van der Waals surface area contributed by atoms with Gasteiger partial charge < -0.3 is 42.8 Å². The van der Waals surface area contributed by atoms with Gasteiger partial charge in [-0.1, -0.05) is 72.8 Å². The molecule has 2 amide bonds. The van der Waals surface area contributed by atoms with Crippen LogP contribution in [0.25, 0.3) is 0 Å². The van der Waals surface area contributed by atoms with Crippen LogP contribution in [-0.2, 0) is 19.1 Å². The molecule has 0 spiro atoms. The van der Waals surface area contributed by atoms with Gasteiger partial charge >= 0.3 is 23.1 Å². The molecule has 0 aromatic heterocycles. The zero-order valence-corrected chi connectivity index (χ0v) is 23.1. The molecular formula is C28H29BrMgN2O4. The second-order valence-electron chi connectivity index (χ2n) is 8.34. The first-order chi connectivity index (χ1) is 16.7. The summed E-state index contributed by atoms with van der Waals surface area (Å²) in [7, 11) is 0. The fraction of sp³-hybridized carbons (Fsp3) is 0.286. The SMILES string of the molecule is C=C[C@@H]1CC(=O)N2[C@H](c3ccccc3)OC[C@@H]12.O=C1C=C[C@@H]2CO[C@@H](c3ccccc3)N12.[Br-].[CH-]=C.[Mg+2]. The van der Waals surface area contributed by atoms with Gasteiger partial charge in [0.15, 0.2) is 12.5 Å². The second kappa shape index (κ2) is 13.9. The van der Waals surface area contributed by atoms with E-state index in [0.717, 1.165) is 11.1 Å². The number of ether oxygens (including phenoxy) is 2. The van der Waals surface area contributed by atoms with Crippen LogP contribution in [-0.4, -0.2) is 70.0 Å². The summed E-state index contributed by atoms with van der Waals surface area (Å²) in [4.78, 5) is 27.3. The first-order valence-electron chi connectivity index (χ1n) is 11.4. The summed E-state index contributed by atoms with van der Waals surface area (Å²) >= 11 is 0. The molecule has 4 aliphatic heterocycles. The Morgan fingerprint density at radius 1 is 0.861 bits per heavy atom. The van der Waals surface area contributed by atoms with Crippen LogP contribution < -0.4 is 17.0 Å². The Hall–Kier alpha value is -2.23. The van der Waals surface area contributed by atoms with E-state index in [4.69, 9.17) is 9.47 Å². The van der Waals surface area contributed by atoms with E-state index < -0.39 is 0 Å². The van der Waals surface area contributed by atoms with Crippen molar-refractivity contribution in [3.63, 3.8) is 0 Å². The topological polar surface area (TPSA) is 59.1 Å². The monoisotopic (exact) mass is 560 g/mol. The van der Waals surface area contributed by atoms with Gasteiger partial charge in [0.05, 0.1) is 25.3 Å². The van der Waals surface area contributed by atoms with Crippen LogP contribution in [0.2, 0.25) is 0 Å². The van der Waals surface area contributed by atoms with Gasteiger partial charge in [-0.05, 0) is 0 Å². The summed E-state index contributed by atoms with van der Waals surface area (Å²) in [5.74, 6) is 0.453. The van der Waals surface area contributed by atoms with Crippen molar-refractivity contribution in [3.05, 3.63) is 110 Å². The Morgan fingerprint density at radius 3 is 1.94 bits per heavy atom. The van der Waals surface area contributed by atoms with Crippen LogP contribution in [0.4, 0.5) is 0 Å². The molecular weight excluding hydrogens is 533 g/mol. The summed E-state index contributed by atoms with van der Waals surface area (Å²) in [5, 5.41) is 0. The van der Waals surface area contributed by atoms with Crippen molar-refractivity contribution in [1.82, 2.24) is 9.80 Å². The van der Waals surface area contributed by atoms with Crippen LogP contribution in [0, 0.1) is 12.5 Å². The Bertz CT molecular complexity index is 1050. The molecule has 2 aromatic rings. The molecule has 0 radical (unpaired) electrons.